The predicted molar refractivity (Wildman–Crippen MR) is 64.4 cm³/mol. The van der Waals surface area contributed by atoms with Crippen molar-refractivity contribution in [2.45, 2.75) is 34.9 Å². The van der Waals surface area contributed by atoms with Gasteiger partial charge >= 0.3 is 0 Å². The summed E-state index contributed by atoms with van der Waals surface area (Å²) in [7, 11) is 0. The van der Waals surface area contributed by atoms with E-state index in [4.69, 9.17) is 11.6 Å². The lowest BCUT2D eigenvalue weighted by atomic mass is 10.00. The Morgan fingerprint density at radius 2 is 2.13 bits per heavy atom. The van der Waals surface area contributed by atoms with Crippen LogP contribution >= 0.6 is 23.4 Å². The van der Waals surface area contributed by atoms with Gasteiger partial charge in [-0.05, 0) is 43.2 Å². The molecule has 3 rings (SSSR count). The van der Waals surface area contributed by atoms with Gasteiger partial charge in [0.05, 0.1) is 5.03 Å². The van der Waals surface area contributed by atoms with Gasteiger partial charge < -0.3 is 0 Å². The second kappa shape index (κ2) is 3.99. The largest absolute Gasteiger partial charge is 0.250 e. The van der Waals surface area contributed by atoms with E-state index >= 15 is 0 Å². The highest BCUT2D eigenvalue weighted by atomic mass is 35.5. The molecular formula is C12H14ClNS. The highest BCUT2D eigenvalue weighted by Gasteiger charge is 2.47. The fourth-order valence-corrected chi connectivity index (χ4v) is 4.82. The molecule has 4 atom stereocenters. The third kappa shape index (κ3) is 1.78. The maximum atomic E-state index is 6.48. The lowest BCUT2D eigenvalue weighted by molar-refractivity contribution is 0.498. The molecule has 15 heavy (non-hydrogen) atoms. The number of halogens is 1. The third-order valence-corrected chi connectivity index (χ3v) is 5.85. The summed E-state index contributed by atoms with van der Waals surface area (Å²) in [6, 6.07) is 6.09. The Labute approximate surface area is 99.6 Å². The first-order valence-corrected chi connectivity index (χ1v) is 6.88. The molecule has 0 amide bonds. The Balaban J connectivity index is 1.74. The summed E-state index contributed by atoms with van der Waals surface area (Å²) < 4.78 is 0. The molecule has 0 N–H and O–H groups in total. The molecule has 3 heteroatoms. The van der Waals surface area contributed by atoms with Crippen LogP contribution in [0, 0.1) is 11.8 Å². The number of alkyl halides is 1. The van der Waals surface area contributed by atoms with Crippen LogP contribution in [0.3, 0.4) is 0 Å². The zero-order valence-corrected chi connectivity index (χ0v) is 10.0. The Hall–Kier alpha value is -0.210. The van der Waals surface area contributed by atoms with Crippen LogP contribution in [0.15, 0.2) is 29.4 Å². The minimum Gasteiger partial charge on any atom is -0.250 e. The van der Waals surface area contributed by atoms with E-state index in [-0.39, 0.29) is 0 Å². The normalized spacial score (nSPS) is 38.5. The Bertz CT molecular complexity index is 341. The van der Waals surface area contributed by atoms with Crippen molar-refractivity contribution in [2.24, 2.45) is 11.8 Å². The molecule has 0 radical (unpaired) electrons. The van der Waals surface area contributed by atoms with E-state index in [9.17, 15) is 0 Å². The van der Waals surface area contributed by atoms with Crippen molar-refractivity contribution in [2.75, 3.05) is 0 Å². The van der Waals surface area contributed by atoms with Crippen LogP contribution in [0.5, 0.6) is 0 Å². The summed E-state index contributed by atoms with van der Waals surface area (Å²) >= 11 is 8.36. The van der Waals surface area contributed by atoms with Crippen LogP contribution in [0.2, 0.25) is 0 Å². The van der Waals surface area contributed by atoms with E-state index in [1.807, 2.05) is 30.1 Å². The summed E-state index contributed by atoms with van der Waals surface area (Å²) in [6.45, 7) is 0. The number of thioether (sulfide) groups is 1. The van der Waals surface area contributed by atoms with Crippen molar-refractivity contribution in [1.82, 2.24) is 4.98 Å². The number of fused-ring (bicyclic) bond motifs is 2. The Morgan fingerprint density at radius 1 is 1.27 bits per heavy atom. The molecule has 0 aliphatic heterocycles. The van der Waals surface area contributed by atoms with Gasteiger partial charge in [-0.15, -0.1) is 23.4 Å². The van der Waals surface area contributed by atoms with Crippen molar-refractivity contribution < 1.29 is 0 Å². The van der Waals surface area contributed by atoms with Gasteiger partial charge in [-0.2, -0.15) is 0 Å². The summed E-state index contributed by atoms with van der Waals surface area (Å²) in [5, 5.41) is 2.09. The first kappa shape index (κ1) is 9.98. The standard InChI is InChI=1S/C12H14ClNS/c13-11-8-4-5-9(7-8)12(11)15-10-3-1-2-6-14-10/h1-3,6,8-9,11-12H,4-5,7H2. The van der Waals surface area contributed by atoms with Crippen LogP contribution in [0.1, 0.15) is 19.3 Å². The van der Waals surface area contributed by atoms with Crippen LogP contribution in [0.4, 0.5) is 0 Å². The molecule has 0 aromatic carbocycles. The molecule has 1 heterocycles. The van der Waals surface area contributed by atoms with Gasteiger partial charge in [-0.3, -0.25) is 0 Å². The second-order valence-electron chi connectivity index (χ2n) is 4.53. The topological polar surface area (TPSA) is 12.9 Å². The van der Waals surface area contributed by atoms with Gasteiger partial charge in [0, 0.05) is 16.8 Å². The summed E-state index contributed by atoms with van der Waals surface area (Å²) in [6.07, 6.45) is 5.92. The number of nitrogens with zero attached hydrogens (tertiary/aromatic N) is 1. The maximum Gasteiger partial charge on any atom is 0.0963 e. The van der Waals surface area contributed by atoms with Crippen LogP contribution in [-0.4, -0.2) is 15.6 Å². The third-order valence-electron chi connectivity index (χ3n) is 3.64. The molecule has 2 bridgehead atoms. The van der Waals surface area contributed by atoms with Crippen LogP contribution in [0.25, 0.3) is 0 Å². The summed E-state index contributed by atoms with van der Waals surface area (Å²) in [4.78, 5) is 4.36. The van der Waals surface area contributed by atoms with Gasteiger partial charge in [0.25, 0.3) is 0 Å². The van der Waals surface area contributed by atoms with E-state index in [1.165, 1.54) is 19.3 Å². The fourth-order valence-electron chi connectivity index (χ4n) is 2.89. The maximum absolute atomic E-state index is 6.48. The van der Waals surface area contributed by atoms with Crippen molar-refractivity contribution in [3.05, 3.63) is 24.4 Å². The molecular weight excluding hydrogens is 226 g/mol. The first-order valence-electron chi connectivity index (χ1n) is 5.56. The van der Waals surface area contributed by atoms with Gasteiger partial charge in [0.15, 0.2) is 0 Å². The van der Waals surface area contributed by atoms with Gasteiger partial charge in [-0.1, -0.05) is 6.07 Å². The molecule has 1 nitrogen and oxygen atoms in total. The van der Waals surface area contributed by atoms with Crippen molar-refractivity contribution in [3.8, 4) is 0 Å². The highest BCUT2D eigenvalue weighted by Crippen LogP contribution is 2.52. The molecule has 0 spiro atoms. The average molecular weight is 240 g/mol. The molecule has 1 aromatic rings. The number of pyridine rings is 1. The van der Waals surface area contributed by atoms with E-state index in [0.717, 1.165) is 16.9 Å². The van der Waals surface area contributed by atoms with E-state index in [0.29, 0.717) is 10.6 Å². The molecule has 0 saturated heterocycles. The average Bonchev–Trinajstić information content (AvgIpc) is 2.84. The Kier molecular flexibility index (Phi) is 2.65. The van der Waals surface area contributed by atoms with Gasteiger partial charge in [0.2, 0.25) is 0 Å². The molecule has 2 aliphatic carbocycles. The fraction of sp³-hybridized carbons (Fsp3) is 0.583. The molecule has 80 valence electrons. The zero-order valence-electron chi connectivity index (χ0n) is 8.47. The number of rotatable bonds is 2. The summed E-state index contributed by atoms with van der Waals surface area (Å²) in [5.74, 6) is 1.61. The zero-order chi connectivity index (χ0) is 10.3. The predicted octanol–water partition coefficient (Wildman–Crippen LogP) is 3.58. The van der Waals surface area contributed by atoms with Crippen LogP contribution in [-0.2, 0) is 0 Å². The lowest BCUT2D eigenvalue weighted by Crippen LogP contribution is -2.25. The minimum absolute atomic E-state index is 0.371. The van der Waals surface area contributed by atoms with Crippen molar-refractivity contribution in [3.63, 3.8) is 0 Å². The van der Waals surface area contributed by atoms with Crippen molar-refractivity contribution in [1.29, 1.82) is 0 Å². The molecule has 2 aliphatic rings. The van der Waals surface area contributed by atoms with E-state index < -0.39 is 0 Å². The second-order valence-corrected chi connectivity index (χ2v) is 6.23. The van der Waals surface area contributed by atoms with Crippen LogP contribution < -0.4 is 0 Å². The minimum atomic E-state index is 0.371. The van der Waals surface area contributed by atoms with E-state index in [2.05, 4.69) is 11.1 Å². The molecule has 2 fully saturated rings. The van der Waals surface area contributed by atoms with Gasteiger partial charge in [-0.25, -0.2) is 4.98 Å². The van der Waals surface area contributed by atoms with Gasteiger partial charge in [0.1, 0.15) is 0 Å². The molecule has 2 saturated carbocycles. The Morgan fingerprint density at radius 3 is 2.80 bits per heavy atom. The van der Waals surface area contributed by atoms with E-state index in [1.54, 1.807) is 0 Å². The number of aromatic nitrogens is 1. The summed E-state index contributed by atoms with van der Waals surface area (Å²) in [5.41, 5.74) is 0. The highest BCUT2D eigenvalue weighted by molar-refractivity contribution is 8.00. The lowest BCUT2D eigenvalue weighted by Gasteiger charge is -2.25. The smallest absolute Gasteiger partial charge is 0.0963 e. The number of hydrogen-bond acceptors (Lipinski definition) is 2. The number of hydrogen-bond donors (Lipinski definition) is 0. The van der Waals surface area contributed by atoms with Crippen molar-refractivity contribution >= 4 is 23.4 Å². The molecule has 4 unspecified atom stereocenters. The quantitative estimate of drug-likeness (QED) is 0.732. The first-order chi connectivity index (χ1) is 7.34. The monoisotopic (exact) mass is 239 g/mol. The molecule has 1 aromatic heterocycles. The SMILES string of the molecule is ClC1C2CCC(C2)C1Sc1ccccn1.